The Morgan fingerprint density at radius 1 is 1.75 bits per heavy atom. The highest BCUT2D eigenvalue weighted by atomic mass is 79.9. The van der Waals surface area contributed by atoms with E-state index in [1.54, 1.807) is 11.3 Å². The van der Waals surface area contributed by atoms with Gasteiger partial charge in [0.25, 0.3) is 5.91 Å². The molecule has 0 aliphatic carbocycles. The van der Waals surface area contributed by atoms with E-state index < -0.39 is 5.60 Å². The fourth-order valence-corrected chi connectivity index (χ4v) is 3.19. The van der Waals surface area contributed by atoms with Crippen LogP contribution in [0, 0.1) is 0 Å². The summed E-state index contributed by atoms with van der Waals surface area (Å²) >= 11 is 5.07. The van der Waals surface area contributed by atoms with Crippen LogP contribution in [0.3, 0.4) is 0 Å². The Kier molecular flexibility index (Phi) is 3.66. The van der Waals surface area contributed by atoms with Gasteiger partial charge in [0.15, 0.2) is 0 Å². The van der Waals surface area contributed by atoms with Crippen LogP contribution in [0.4, 0.5) is 0 Å². The first-order chi connectivity index (χ1) is 7.62. The lowest BCUT2D eigenvalue weighted by Gasteiger charge is -2.21. The molecule has 0 radical (unpaired) electrons. The first kappa shape index (κ1) is 12.1. The monoisotopic (exact) mass is 303 g/mol. The van der Waals surface area contributed by atoms with Gasteiger partial charge >= 0.3 is 0 Å². The number of thiophene rings is 1. The Balaban J connectivity index is 1.91. The fraction of sp³-hybridized carbons (Fsp3) is 0.545. The lowest BCUT2D eigenvalue weighted by atomic mass is 10.0. The van der Waals surface area contributed by atoms with Crippen LogP contribution in [0.2, 0.25) is 0 Å². The Bertz CT molecular complexity index is 385. The Hall–Kier alpha value is -0.390. The number of rotatable bonds is 3. The highest BCUT2D eigenvalue weighted by molar-refractivity contribution is 9.10. The number of hydrogen-bond acceptors (Lipinski definition) is 3. The summed E-state index contributed by atoms with van der Waals surface area (Å²) in [5.41, 5.74) is -0.621. The molecule has 0 aromatic carbocycles. The minimum absolute atomic E-state index is 0.00898. The first-order valence-corrected chi connectivity index (χ1v) is 6.93. The van der Waals surface area contributed by atoms with E-state index in [0.29, 0.717) is 13.2 Å². The molecule has 1 saturated heterocycles. The largest absolute Gasteiger partial charge is 0.365 e. The van der Waals surface area contributed by atoms with Crippen molar-refractivity contribution in [1.82, 2.24) is 5.32 Å². The van der Waals surface area contributed by atoms with Crippen molar-refractivity contribution in [2.24, 2.45) is 0 Å². The third kappa shape index (κ3) is 2.47. The quantitative estimate of drug-likeness (QED) is 0.932. The Labute approximate surface area is 107 Å². The molecule has 2 rings (SSSR count). The van der Waals surface area contributed by atoms with Crippen molar-refractivity contribution in [2.45, 2.75) is 31.9 Å². The molecule has 1 amide bonds. The molecule has 1 atom stereocenters. The summed E-state index contributed by atoms with van der Waals surface area (Å²) in [6, 6.07) is 1.99. The standard InChI is InChI=1S/C11H14BrNO2S/c1-11(4-2-5-15-11)10(14)13-7-9-8(12)3-6-16-9/h3,6H,2,4-5,7H2,1H3,(H,13,14). The summed E-state index contributed by atoms with van der Waals surface area (Å²) in [6.07, 6.45) is 1.77. The van der Waals surface area contributed by atoms with Crippen molar-refractivity contribution in [2.75, 3.05) is 6.61 Å². The minimum Gasteiger partial charge on any atom is -0.365 e. The second-order valence-corrected chi connectivity index (χ2v) is 5.91. The van der Waals surface area contributed by atoms with Gasteiger partial charge in [-0.2, -0.15) is 0 Å². The maximum atomic E-state index is 11.9. The molecular formula is C11H14BrNO2S. The summed E-state index contributed by atoms with van der Waals surface area (Å²) in [6.45, 7) is 3.11. The van der Waals surface area contributed by atoms with Gasteiger partial charge in [0.05, 0.1) is 6.54 Å². The predicted molar refractivity (Wildman–Crippen MR) is 67.5 cm³/mol. The maximum Gasteiger partial charge on any atom is 0.252 e. The Morgan fingerprint density at radius 3 is 3.12 bits per heavy atom. The topological polar surface area (TPSA) is 38.3 Å². The zero-order chi connectivity index (χ0) is 11.6. The van der Waals surface area contributed by atoms with Crippen molar-refractivity contribution < 1.29 is 9.53 Å². The summed E-state index contributed by atoms with van der Waals surface area (Å²) in [5, 5.41) is 4.92. The molecule has 5 heteroatoms. The molecule has 1 N–H and O–H groups in total. The summed E-state index contributed by atoms with van der Waals surface area (Å²) in [4.78, 5) is 13.1. The van der Waals surface area contributed by atoms with Crippen LogP contribution >= 0.6 is 27.3 Å². The molecule has 1 aromatic rings. The van der Waals surface area contributed by atoms with Crippen LogP contribution in [0.25, 0.3) is 0 Å². The molecule has 1 aliphatic heterocycles. The van der Waals surface area contributed by atoms with Crippen LogP contribution in [0.5, 0.6) is 0 Å². The number of ether oxygens (including phenoxy) is 1. The van der Waals surface area contributed by atoms with Gasteiger partial charge in [-0.3, -0.25) is 4.79 Å². The molecule has 0 spiro atoms. The van der Waals surface area contributed by atoms with Crippen molar-refractivity contribution >= 4 is 33.2 Å². The average molecular weight is 304 g/mol. The summed E-state index contributed by atoms with van der Waals surface area (Å²) in [7, 11) is 0. The SMILES string of the molecule is CC1(C(=O)NCc2sccc2Br)CCCO1. The minimum atomic E-state index is -0.621. The highest BCUT2D eigenvalue weighted by Crippen LogP contribution is 2.26. The second-order valence-electron chi connectivity index (χ2n) is 4.06. The number of carbonyl (C=O) groups is 1. The second kappa shape index (κ2) is 4.85. The maximum absolute atomic E-state index is 11.9. The van der Waals surface area contributed by atoms with Gasteiger partial charge in [0.2, 0.25) is 0 Å². The molecule has 1 aromatic heterocycles. The van der Waals surface area contributed by atoms with E-state index in [2.05, 4.69) is 21.2 Å². The number of nitrogens with one attached hydrogen (secondary N) is 1. The van der Waals surface area contributed by atoms with E-state index in [9.17, 15) is 4.79 Å². The average Bonchev–Trinajstić information content (AvgIpc) is 2.85. The van der Waals surface area contributed by atoms with E-state index in [-0.39, 0.29) is 5.91 Å². The van der Waals surface area contributed by atoms with E-state index >= 15 is 0 Å². The normalized spacial score (nSPS) is 24.6. The molecule has 88 valence electrons. The number of hydrogen-bond donors (Lipinski definition) is 1. The van der Waals surface area contributed by atoms with Gasteiger partial charge in [-0.25, -0.2) is 0 Å². The summed E-state index contributed by atoms with van der Waals surface area (Å²) in [5.74, 6) is -0.00898. The Morgan fingerprint density at radius 2 is 2.56 bits per heavy atom. The first-order valence-electron chi connectivity index (χ1n) is 5.26. The van der Waals surface area contributed by atoms with Gasteiger partial charge in [-0.15, -0.1) is 11.3 Å². The number of carbonyl (C=O) groups excluding carboxylic acids is 1. The molecule has 1 fully saturated rings. The highest BCUT2D eigenvalue weighted by Gasteiger charge is 2.37. The zero-order valence-corrected chi connectivity index (χ0v) is 11.5. The summed E-state index contributed by atoms with van der Waals surface area (Å²) < 4.78 is 6.53. The van der Waals surface area contributed by atoms with Gasteiger partial charge < -0.3 is 10.1 Å². The van der Waals surface area contributed by atoms with Crippen molar-refractivity contribution in [3.63, 3.8) is 0 Å². The van der Waals surface area contributed by atoms with Gasteiger partial charge in [0.1, 0.15) is 5.60 Å². The smallest absolute Gasteiger partial charge is 0.252 e. The van der Waals surface area contributed by atoms with E-state index in [4.69, 9.17) is 4.74 Å². The van der Waals surface area contributed by atoms with Crippen LogP contribution in [0.1, 0.15) is 24.6 Å². The van der Waals surface area contributed by atoms with E-state index in [0.717, 1.165) is 22.2 Å². The van der Waals surface area contributed by atoms with Gasteiger partial charge in [0, 0.05) is 16.0 Å². The molecule has 0 bridgehead atoms. The van der Waals surface area contributed by atoms with Crippen LogP contribution < -0.4 is 5.32 Å². The predicted octanol–water partition coefficient (Wildman–Crippen LogP) is 2.70. The lowest BCUT2D eigenvalue weighted by Crippen LogP contribution is -2.43. The molecule has 0 saturated carbocycles. The van der Waals surface area contributed by atoms with Crippen LogP contribution in [-0.2, 0) is 16.1 Å². The molecular weight excluding hydrogens is 290 g/mol. The van der Waals surface area contributed by atoms with Crippen molar-refractivity contribution in [1.29, 1.82) is 0 Å². The third-order valence-corrected chi connectivity index (χ3v) is 4.73. The molecule has 16 heavy (non-hydrogen) atoms. The number of amides is 1. The molecule has 2 heterocycles. The van der Waals surface area contributed by atoms with Crippen molar-refractivity contribution in [3.05, 3.63) is 20.8 Å². The van der Waals surface area contributed by atoms with Gasteiger partial charge in [-0.1, -0.05) is 0 Å². The fourth-order valence-electron chi connectivity index (χ4n) is 1.76. The van der Waals surface area contributed by atoms with Gasteiger partial charge in [-0.05, 0) is 47.1 Å². The molecule has 3 nitrogen and oxygen atoms in total. The lowest BCUT2D eigenvalue weighted by molar-refractivity contribution is -0.139. The molecule has 1 aliphatic rings. The van der Waals surface area contributed by atoms with E-state index in [1.807, 2.05) is 18.4 Å². The zero-order valence-electron chi connectivity index (χ0n) is 9.09. The van der Waals surface area contributed by atoms with Crippen LogP contribution in [-0.4, -0.2) is 18.1 Å². The molecule has 1 unspecified atom stereocenters. The van der Waals surface area contributed by atoms with E-state index in [1.165, 1.54) is 0 Å². The van der Waals surface area contributed by atoms with Crippen molar-refractivity contribution in [3.8, 4) is 0 Å². The third-order valence-electron chi connectivity index (χ3n) is 2.80. The van der Waals surface area contributed by atoms with Crippen LogP contribution in [0.15, 0.2) is 15.9 Å². The number of halogens is 1.